The largest absolute Gasteiger partial charge is 0.494 e. The predicted molar refractivity (Wildman–Crippen MR) is 125 cm³/mol. The number of rotatable bonds is 6. The quantitative estimate of drug-likeness (QED) is 0.375. The number of imidazole rings is 1. The van der Waals surface area contributed by atoms with E-state index in [0.717, 1.165) is 16.9 Å². The van der Waals surface area contributed by atoms with Crippen molar-refractivity contribution in [2.45, 2.75) is 31.7 Å². The van der Waals surface area contributed by atoms with Crippen molar-refractivity contribution in [3.8, 4) is 17.0 Å². The monoisotopic (exact) mass is 466 g/mol. The first kappa shape index (κ1) is 22.1. The van der Waals surface area contributed by atoms with Crippen LogP contribution in [0.2, 0.25) is 0 Å². The van der Waals surface area contributed by atoms with E-state index in [1.807, 2.05) is 18.2 Å². The molecule has 5 N–H and O–H groups in total. The molecule has 2 aromatic heterocycles. The average Bonchev–Trinajstić information content (AvgIpc) is 3.45. The Kier molecular flexibility index (Phi) is 5.80. The Hall–Kier alpha value is -3.70. The van der Waals surface area contributed by atoms with Gasteiger partial charge in [0.2, 0.25) is 5.91 Å². The molecule has 2 aliphatic heterocycles. The highest BCUT2D eigenvalue weighted by molar-refractivity contribution is 5.83. The van der Waals surface area contributed by atoms with E-state index in [0.29, 0.717) is 23.6 Å². The van der Waals surface area contributed by atoms with Crippen LogP contribution in [-0.2, 0) is 4.79 Å². The SMILES string of the molecule is COc1c(NC2CC(Nc3cc(C)c(F)cn3)NC3NN(C)C(=O)C23)cccc1-c1cnc[nH]1. The van der Waals surface area contributed by atoms with Crippen molar-refractivity contribution >= 4 is 17.4 Å². The molecule has 0 radical (unpaired) electrons. The van der Waals surface area contributed by atoms with Crippen LogP contribution in [-0.4, -0.2) is 58.4 Å². The molecule has 0 aliphatic carbocycles. The van der Waals surface area contributed by atoms with Crippen LogP contribution >= 0.6 is 0 Å². The normalized spacial score (nSPS) is 24.1. The summed E-state index contributed by atoms with van der Waals surface area (Å²) < 4.78 is 19.4. The highest BCUT2D eigenvalue weighted by atomic mass is 19.1. The van der Waals surface area contributed by atoms with Gasteiger partial charge in [-0.2, -0.15) is 0 Å². The van der Waals surface area contributed by atoms with Crippen molar-refractivity contribution in [1.82, 2.24) is 30.7 Å². The van der Waals surface area contributed by atoms with Gasteiger partial charge in [-0.15, -0.1) is 0 Å². The molecule has 2 aliphatic rings. The average molecular weight is 467 g/mol. The summed E-state index contributed by atoms with van der Waals surface area (Å²) in [5.74, 6) is 0.522. The minimum atomic E-state index is -0.351. The van der Waals surface area contributed by atoms with Crippen molar-refractivity contribution in [1.29, 1.82) is 0 Å². The number of amides is 1. The van der Waals surface area contributed by atoms with Crippen LogP contribution in [0.25, 0.3) is 11.3 Å². The molecular weight excluding hydrogens is 439 g/mol. The summed E-state index contributed by atoms with van der Waals surface area (Å²) in [6.45, 7) is 1.70. The van der Waals surface area contributed by atoms with E-state index in [9.17, 15) is 9.18 Å². The Morgan fingerprint density at radius 3 is 2.85 bits per heavy atom. The zero-order valence-electron chi connectivity index (χ0n) is 19.1. The lowest BCUT2D eigenvalue weighted by atomic mass is 9.88. The number of fused-ring (bicyclic) bond motifs is 1. The van der Waals surface area contributed by atoms with Gasteiger partial charge in [0.15, 0.2) is 5.75 Å². The Balaban J connectivity index is 1.43. The zero-order valence-corrected chi connectivity index (χ0v) is 19.1. The van der Waals surface area contributed by atoms with Crippen molar-refractivity contribution in [2.75, 3.05) is 24.8 Å². The molecule has 11 heteroatoms. The Bertz CT molecular complexity index is 1190. The van der Waals surface area contributed by atoms with Gasteiger partial charge < -0.3 is 20.4 Å². The summed E-state index contributed by atoms with van der Waals surface area (Å²) in [6, 6.07) is 7.26. The molecule has 0 spiro atoms. The van der Waals surface area contributed by atoms with Crippen LogP contribution in [0.4, 0.5) is 15.9 Å². The molecule has 0 bridgehead atoms. The third-order valence-electron chi connectivity index (χ3n) is 6.33. The molecule has 4 heterocycles. The first-order chi connectivity index (χ1) is 16.4. The van der Waals surface area contributed by atoms with Gasteiger partial charge in [-0.3, -0.25) is 15.1 Å². The minimum absolute atomic E-state index is 0.00658. The Morgan fingerprint density at radius 2 is 2.12 bits per heavy atom. The maximum absolute atomic E-state index is 13.7. The van der Waals surface area contributed by atoms with E-state index in [2.05, 4.69) is 36.3 Å². The second-order valence-electron chi connectivity index (χ2n) is 8.55. The molecule has 0 saturated carbocycles. The maximum Gasteiger partial charge on any atom is 0.244 e. The lowest BCUT2D eigenvalue weighted by Crippen LogP contribution is -2.60. The molecule has 5 rings (SSSR count). The molecule has 4 unspecified atom stereocenters. The van der Waals surface area contributed by atoms with E-state index in [1.54, 1.807) is 39.7 Å². The van der Waals surface area contributed by atoms with Crippen LogP contribution in [0.15, 0.2) is 43.0 Å². The molecule has 1 amide bonds. The number of nitrogens with zero attached hydrogens (tertiary/aromatic N) is 3. The lowest BCUT2D eigenvalue weighted by molar-refractivity contribution is -0.131. The summed E-state index contributed by atoms with van der Waals surface area (Å²) in [5.41, 5.74) is 6.17. The number of hydrogen-bond acceptors (Lipinski definition) is 8. The van der Waals surface area contributed by atoms with Crippen molar-refractivity contribution in [3.63, 3.8) is 0 Å². The highest BCUT2D eigenvalue weighted by Crippen LogP contribution is 2.38. The topological polar surface area (TPSA) is 119 Å². The number of aryl methyl sites for hydroxylation is 1. The van der Waals surface area contributed by atoms with E-state index < -0.39 is 0 Å². The van der Waals surface area contributed by atoms with Crippen LogP contribution in [0.1, 0.15) is 12.0 Å². The molecule has 10 nitrogen and oxygen atoms in total. The number of benzene rings is 1. The van der Waals surface area contributed by atoms with Crippen LogP contribution in [0, 0.1) is 18.7 Å². The second-order valence-corrected chi connectivity index (χ2v) is 8.55. The highest BCUT2D eigenvalue weighted by Gasteiger charge is 2.48. The number of halogens is 1. The van der Waals surface area contributed by atoms with Gasteiger partial charge in [0.05, 0.1) is 55.5 Å². The van der Waals surface area contributed by atoms with Crippen molar-refractivity contribution in [3.05, 3.63) is 54.4 Å². The lowest BCUT2D eigenvalue weighted by Gasteiger charge is -2.39. The summed E-state index contributed by atoms with van der Waals surface area (Å²) in [4.78, 5) is 24.3. The summed E-state index contributed by atoms with van der Waals surface area (Å²) in [6.07, 6.45) is 4.62. The standard InChI is InChI=1S/C23H27FN8O2/c1-12-7-18(26-9-14(12)24)29-19-8-16(20-22(30-19)31-32(2)23(20)33)28-15-6-4-5-13(21(15)34-3)17-10-25-11-27-17/h4-7,9-11,16,19-20,22,28,30-31H,8H2,1-3H3,(H,25,27)(H,26,29). The second kappa shape index (κ2) is 8.92. The fourth-order valence-corrected chi connectivity index (χ4v) is 4.68. The number of anilines is 2. The third kappa shape index (κ3) is 4.03. The first-order valence-corrected chi connectivity index (χ1v) is 11.1. The third-order valence-corrected chi connectivity index (χ3v) is 6.33. The number of hydrazine groups is 1. The van der Waals surface area contributed by atoms with Gasteiger partial charge in [-0.25, -0.2) is 19.8 Å². The van der Waals surface area contributed by atoms with Crippen molar-refractivity contribution < 1.29 is 13.9 Å². The van der Waals surface area contributed by atoms with Gasteiger partial charge in [0, 0.05) is 25.1 Å². The molecule has 4 atom stereocenters. The molecule has 178 valence electrons. The molecule has 3 aromatic rings. The first-order valence-electron chi connectivity index (χ1n) is 11.1. The van der Waals surface area contributed by atoms with Crippen LogP contribution in [0.5, 0.6) is 5.75 Å². The van der Waals surface area contributed by atoms with Crippen LogP contribution in [0.3, 0.4) is 0 Å². The number of piperidine rings is 1. The molecule has 2 saturated heterocycles. The Labute approximate surface area is 196 Å². The number of carbonyl (C=O) groups is 1. The van der Waals surface area contributed by atoms with Crippen molar-refractivity contribution in [2.24, 2.45) is 5.92 Å². The Morgan fingerprint density at radius 1 is 1.26 bits per heavy atom. The summed E-state index contributed by atoms with van der Waals surface area (Å²) >= 11 is 0. The molecule has 1 aromatic carbocycles. The fraction of sp³-hybridized carbons (Fsp3) is 0.348. The zero-order chi connectivity index (χ0) is 23.8. The number of hydrogen-bond donors (Lipinski definition) is 5. The number of para-hydroxylation sites is 1. The molecule has 2 fully saturated rings. The van der Waals surface area contributed by atoms with Gasteiger partial charge >= 0.3 is 0 Å². The van der Waals surface area contributed by atoms with Crippen LogP contribution < -0.4 is 26.1 Å². The van der Waals surface area contributed by atoms with Gasteiger partial charge in [0.25, 0.3) is 0 Å². The maximum atomic E-state index is 13.7. The minimum Gasteiger partial charge on any atom is -0.494 e. The number of ether oxygens (including phenoxy) is 1. The summed E-state index contributed by atoms with van der Waals surface area (Å²) in [7, 11) is 3.33. The smallest absolute Gasteiger partial charge is 0.244 e. The van der Waals surface area contributed by atoms with E-state index in [1.165, 1.54) is 11.2 Å². The number of aromatic amines is 1. The van der Waals surface area contributed by atoms with E-state index >= 15 is 0 Å². The van der Waals surface area contributed by atoms with E-state index in [-0.39, 0.29) is 36.0 Å². The summed E-state index contributed by atoms with van der Waals surface area (Å²) in [5, 5.41) is 11.8. The predicted octanol–water partition coefficient (Wildman–Crippen LogP) is 2.06. The molecular formula is C23H27FN8O2. The van der Waals surface area contributed by atoms with Gasteiger partial charge in [-0.1, -0.05) is 6.07 Å². The fourth-order valence-electron chi connectivity index (χ4n) is 4.68. The number of aromatic nitrogens is 3. The molecule has 34 heavy (non-hydrogen) atoms. The number of nitrogens with one attached hydrogen (secondary N) is 5. The van der Waals surface area contributed by atoms with Gasteiger partial charge in [-0.05, 0) is 30.7 Å². The number of methoxy groups -OCH3 is 1. The van der Waals surface area contributed by atoms with E-state index in [4.69, 9.17) is 4.74 Å². The number of H-pyrrole nitrogens is 1. The number of carbonyl (C=O) groups excluding carboxylic acids is 1. The van der Waals surface area contributed by atoms with Gasteiger partial charge in [0.1, 0.15) is 11.6 Å². The number of pyridine rings is 1.